The molecule has 0 atom stereocenters. The van der Waals surface area contributed by atoms with Gasteiger partial charge < -0.3 is 4.57 Å². The first-order chi connectivity index (χ1) is 8.98. The van der Waals surface area contributed by atoms with Crippen molar-refractivity contribution in [1.29, 1.82) is 0 Å². The van der Waals surface area contributed by atoms with E-state index in [0.29, 0.717) is 0 Å². The Morgan fingerprint density at radius 3 is 2.68 bits per heavy atom. The molecule has 0 radical (unpaired) electrons. The van der Waals surface area contributed by atoms with E-state index in [-0.39, 0.29) is 6.54 Å². The zero-order valence-corrected chi connectivity index (χ0v) is 10.2. The van der Waals surface area contributed by atoms with Crippen molar-refractivity contribution in [3.8, 4) is 11.8 Å². The maximum absolute atomic E-state index is 12.6. The van der Waals surface area contributed by atoms with Crippen molar-refractivity contribution >= 4 is 0 Å². The van der Waals surface area contributed by atoms with Gasteiger partial charge in [0, 0.05) is 18.0 Å². The number of alkyl halides is 3. The molecule has 0 saturated heterocycles. The number of hydrogen-bond donors (Lipinski definition) is 0. The highest BCUT2D eigenvalue weighted by molar-refractivity contribution is 5.40. The van der Waals surface area contributed by atoms with Gasteiger partial charge in [0.15, 0.2) is 0 Å². The number of imidazole rings is 1. The fourth-order valence-electron chi connectivity index (χ4n) is 1.63. The van der Waals surface area contributed by atoms with E-state index in [2.05, 4.69) is 16.8 Å². The van der Waals surface area contributed by atoms with E-state index < -0.39 is 12.0 Å². The van der Waals surface area contributed by atoms with Crippen LogP contribution in [0.3, 0.4) is 0 Å². The van der Waals surface area contributed by atoms with Gasteiger partial charge in [0.2, 0.25) is 5.82 Å². The summed E-state index contributed by atoms with van der Waals surface area (Å²) in [6.07, 6.45) is -2.05. The van der Waals surface area contributed by atoms with Crippen LogP contribution in [-0.4, -0.2) is 9.55 Å². The molecular formula is C14H11F3N2. The van der Waals surface area contributed by atoms with Crippen LogP contribution in [0.1, 0.15) is 17.0 Å². The van der Waals surface area contributed by atoms with Gasteiger partial charge in [-0.15, -0.1) is 0 Å². The molecule has 1 aromatic heterocycles. The summed E-state index contributed by atoms with van der Waals surface area (Å²) in [5.41, 5.74) is 1.81. The van der Waals surface area contributed by atoms with E-state index in [0.717, 1.165) is 21.9 Å². The van der Waals surface area contributed by atoms with Crippen molar-refractivity contribution in [2.45, 2.75) is 19.6 Å². The zero-order chi connectivity index (χ0) is 13.9. The van der Waals surface area contributed by atoms with Crippen LogP contribution in [0.25, 0.3) is 0 Å². The normalized spacial score (nSPS) is 10.9. The minimum Gasteiger partial charge on any atom is -0.316 e. The first kappa shape index (κ1) is 13.2. The van der Waals surface area contributed by atoms with Gasteiger partial charge in [0.25, 0.3) is 0 Å². The molecule has 0 amide bonds. The highest BCUT2D eigenvalue weighted by Crippen LogP contribution is 2.27. The summed E-state index contributed by atoms with van der Waals surface area (Å²) >= 11 is 0. The molecule has 2 aromatic rings. The van der Waals surface area contributed by atoms with Gasteiger partial charge in [0.1, 0.15) is 0 Å². The lowest BCUT2D eigenvalue weighted by Gasteiger charge is -2.06. The maximum Gasteiger partial charge on any atom is 0.449 e. The van der Waals surface area contributed by atoms with Gasteiger partial charge in [0.05, 0.1) is 6.54 Å². The van der Waals surface area contributed by atoms with Gasteiger partial charge >= 0.3 is 6.18 Å². The number of aromatic nitrogens is 2. The van der Waals surface area contributed by atoms with E-state index in [1.807, 2.05) is 31.2 Å². The highest BCUT2D eigenvalue weighted by atomic mass is 19.4. The van der Waals surface area contributed by atoms with Gasteiger partial charge in [-0.25, -0.2) is 4.98 Å². The molecule has 0 aliphatic carbocycles. The number of rotatable bonds is 1. The van der Waals surface area contributed by atoms with E-state index in [1.54, 1.807) is 0 Å². The molecule has 0 N–H and O–H groups in total. The van der Waals surface area contributed by atoms with Crippen LogP contribution in [0.4, 0.5) is 13.2 Å². The Kier molecular flexibility index (Phi) is 3.61. The second-order valence-electron chi connectivity index (χ2n) is 3.99. The monoisotopic (exact) mass is 264 g/mol. The number of hydrogen-bond acceptors (Lipinski definition) is 1. The van der Waals surface area contributed by atoms with Crippen molar-refractivity contribution in [2.75, 3.05) is 0 Å². The van der Waals surface area contributed by atoms with Gasteiger partial charge in [-0.2, -0.15) is 13.2 Å². The standard InChI is InChI=1S/C14H11F3N2/c1-11-5-2-3-6-12(11)7-4-9-19-10-8-18-13(19)14(15,16)17/h2-3,5-6,8,10H,9H2,1H3. The van der Waals surface area contributed by atoms with Crippen LogP contribution in [0.5, 0.6) is 0 Å². The minimum atomic E-state index is -4.45. The molecule has 1 heterocycles. The fourth-order valence-corrected chi connectivity index (χ4v) is 1.63. The van der Waals surface area contributed by atoms with E-state index in [9.17, 15) is 13.2 Å². The molecule has 19 heavy (non-hydrogen) atoms. The van der Waals surface area contributed by atoms with Crippen LogP contribution in [-0.2, 0) is 12.7 Å². The lowest BCUT2D eigenvalue weighted by atomic mass is 10.1. The third-order valence-electron chi connectivity index (χ3n) is 2.59. The lowest BCUT2D eigenvalue weighted by molar-refractivity contribution is -0.146. The van der Waals surface area contributed by atoms with Crippen LogP contribution >= 0.6 is 0 Å². The van der Waals surface area contributed by atoms with Crippen molar-refractivity contribution < 1.29 is 13.2 Å². The first-order valence-electron chi connectivity index (χ1n) is 5.61. The topological polar surface area (TPSA) is 17.8 Å². The molecule has 5 heteroatoms. The van der Waals surface area contributed by atoms with Crippen molar-refractivity contribution in [2.24, 2.45) is 0 Å². The number of halogens is 3. The summed E-state index contributed by atoms with van der Waals surface area (Å²) in [4.78, 5) is 3.30. The Bertz CT molecular complexity index is 630. The Hall–Kier alpha value is -2.22. The van der Waals surface area contributed by atoms with Gasteiger partial charge in [-0.1, -0.05) is 30.0 Å². The third-order valence-corrected chi connectivity index (χ3v) is 2.59. The summed E-state index contributed by atoms with van der Waals surface area (Å²) in [5.74, 6) is 4.67. The molecule has 0 aliphatic heterocycles. The largest absolute Gasteiger partial charge is 0.449 e. The van der Waals surface area contributed by atoms with Crippen LogP contribution in [0, 0.1) is 18.8 Å². The second kappa shape index (κ2) is 5.19. The smallest absolute Gasteiger partial charge is 0.316 e. The average Bonchev–Trinajstić information content (AvgIpc) is 2.80. The molecule has 0 fully saturated rings. The molecule has 0 bridgehead atoms. The van der Waals surface area contributed by atoms with E-state index in [4.69, 9.17) is 0 Å². The molecular weight excluding hydrogens is 253 g/mol. The quantitative estimate of drug-likeness (QED) is 0.723. The highest BCUT2D eigenvalue weighted by Gasteiger charge is 2.35. The lowest BCUT2D eigenvalue weighted by Crippen LogP contribution is -2.14. The van der Waals surface area contributed by atoms with Crippen molar-refractivity contribution in [3.63, 3.8) is 0 Å². The van der Waals surface area contributed by atoms with Gasteiger partial charge in [-0.05, 0) is 18.6 Å². The molecule has 1 aromatic carbocycles. The van der Waals surface area contributed by atoms with Crippen LogP contribution in [0.2, 0.25) is 0 Å². The summed E-state index contributed by atoms with van der Waals surface area (Å²) < 4.78 is 38.7. The molecule has 0 unspecified atom stereocenters. The summed E-state index contributed by atoms with van der Waals surface area (Å²) in [5, 5.41) is 0. The SMILES string of the molecule is Cc1ccccc1C#CCn1ccnc1C(F)(F)F. The predicted octanol–water partition coefficient (Wildman–Crippen LogP) is 3.26. The van der Waals surface area contributed by atoms with Crippen LogP contribution < -0.4 is 0 Å². The zero-order valence-electron chi connectivity index (χ0n) is 10.2. The van der Waals surface area contributed by atoms with Crippen molar-refractivity contribution in [3.05, 3.63) is 53.6 Å². The first-order valence-corrected chi connectivity index (χ1v) is 5.61. The molecule has 2 nitrogen and oxygen atoms in total. The molecule has 0 aliphatic rings. The Morgan fingerprint density at radius 2 is 2.00 bits per heavy atom. The fraction of sp³-hybridized carbons (Fsp3) is 0.214. The molecule has 0 saturated carbocycles. The molecule has 2 rings (SSSR count). The second-order valence-corrected chi connectivity index (χ2v) is 3.99. The number of aryl methyl sites for hydroxylation is 1. The Balaban J connectivity index is 2.17. The Morgan fingerprint density at radius 1 is 1.26 bits per heavy atom. The average molecular weight is 264 g/mol. The third kappa shape index (κ3) is 3.16. The Labute approximate surface area is 108 Å². The predicted molar refractivity (Wildman–Crippen MR) is 65.3 cm³/mol. The van der Waals surface area contributed by atoms with Crippen LogP contribution in [0.15, 0.2) is 36.7 Å². The summed E-state index contributed by atoms with van der Waals surface area (Å²) in [6, 6.07) is 7.47. The molecule has 0 spiro atoms. The van der Waals surface area contributed by atoms with Gasteiger partial charge in [-0.3, -0.25) is 0 Å². The minimum absolute atomic E-state index is 0.0385. The maximum atomic E-state index is 12.6. The van der Waals surface area contributed by atoms with E-state index >= 15 is 0 Å². The van der Waals surface area contributed by atoms with E-state index in [1.165, 1.54) is 6.20 Å². The van der Waals surface area contributed by atoms with Crippen molar-refractivity contribution in [1.82, 2.24) is 9.55 Å². The summed E-state index contributed by atoms with van der Waals surface area (Å²) in [7, 11) is 0. The number of nitrogens with zero attached hydrogens (tertiary/aromatic N) is 2. The molecule has 98 valence electrons. The number of benzene rings is 1. The summed E-state index contributed by atoms with van der Waals surface area (Å²) in [6.45, 7) is 1.87.